The van der Waals surface area contributed by atoms with E-state index in [0.29, 0.717) is 29.2 Å². The van der Waals surface area contributed by atoms with Crippen LogP contribution in [0.4, 0.5) is 23.8 Å². The van der Waals surface area contributed by atoms with Crippen molar-refractivity contribution in [2.45, 2.75) is 70.9 Å². The summed E-state index contributed by atoms with van der Waals surface area (Å²) in [6.07, 6.45) is 0.284. The standard InChI is InChI=1S/C26H28ClF3N6O3/c1-14(22-33-10-17(11-34-22)16-6-7-31-20(9-16)26(28,29)30)8-21-32-12-18(27)23(35-21)36-19(13-38-24(36)37)15(2)39-25(3,4)5/h6-7,9-12,14-15,19H,8,13H2,1-5H3/t14-,15-,19-/m1/s1. The zero-order chi connectivity index (χ0) is 28.5. The van der Waals surface area contributed by atoms with Crippen molar-refractivity contribution >= 4 is 23.5 Å². The van der Waals surface area contributed by atoms with Crippen LogP contribution in [0.2, 0.25) is 5.02 Å². The topological polar surface area (TPSA) is 103 Å². The predicted molar refractivity (Wildman–Crippen MR) is 137 cm³/mol. The van der Waals surface area contributed by atoms with E-state index in [0.717, 1.165) is 12.3 Å². The summed E-state index contributed by atoms with van der Waals surface area (Å²) in [5.74, 6) is 0.830. The van der Waals surface area contributed by atoms with Gasteiger partial charge in [0, 0.05) is 36.5 Å². The summed E-state index contributed by atoms with van der Waals surface area (Å²) in [6.45, 7) is 9.63. The summed E-state index contributed by atoms with van der Waals surface area (Å²) in [5, 5.41) is 0.189. The summed E-state index contributed by atoms with van der Waals surface area (Å²) < 4.78 is 50.4. The Hall–Kier alpha value is -3.38. The van der Waals surface area contributed by atoms with Crippen LogP contribution < -0.4 is 4.90 Å². The number of hydrogen-bond donors (Lipinski definition) is 0. The van der Waals surface area contributed by atoms with Crippen LogP contribution in [-0.2, 0) is 22.1 Å². The highest BCUT2D eigenvalue weighted by Gasteiger charge is 2.41. The van der Waals surface area contributed by atoms with Crippen molar-refractivity contribution in [2.24, 2.45) is 0 Å². The Balaban J connectivity index is 1.52. The summed E-state index contributed by atoms with van der Waals surface area (Å²) in [4.78, 5) is 35.0. The maximum Gasteiger partial charge on any atom is 0.433 e. The zero-order valence-electron chi connectivity index (χ0n) is 22.0. The molecule has 4 heterocycles. The molecule has 0 bridgehead atoms. The van der Waals surface area contributed by atoms with Crippen LogP contribution in [0.3, 0.4) is 0 Å². The van der Waals surface area contributed by atoms with E-state index in [2.05, 4.69) is 24.9 Å². The van der Waals surface area contributed by atoms with Gasteiger partial charge >= 0.3 is 12.3 Å². The molecule has 208 valence electrons. The first-order valence-electron chi connectivity index (χ1n) is 12.2. The van der Waals surface area contributed by atoms with E-state index in [1.807, 2.05) is 34.6 Å². The summed E-state index contributed by atoms with van der Waals surface area (Å²) in [7, 11) is 0. The molecule has 1 fully saturated rings. The van der Waals surface area contributed by atoms with Crippen molar-refractivity contribution in [3.05, 3.63) is 59.3 Å². The number of halogens is 4. The van der Waals surface area contributed by atoms with Crippen molar-refractivity contribution in [2.75, 3.05) is 11.5 Å². The zero-order valence-corrected chi connectivity index (χ0v) is 22.8. The SMILES string of the molecule is C[C@H](Cc1ncc(Cl)c(N2C(=O)OC[C@@H]2[C@@H](C)OC(C)(C)C)n1)c1ncc(-c2ccnc(C(F)(F)F)c2)cn1. The van der Waals surface area contributed by atoms with Gasteiger partial charge < -0.3 is 9.47 Å². The lowest BCUT2D eigenvalue weighted by Gasteiger charge is -2.31. The number of aromatic nitrogens is 5. The number of anilines is 1. The van der Waals surface area contributed by atoms with Gasteiger partial charge in [-0.05, 0) is 45.4 Å². The smallest absolute Gasteiger partial charge is 0.433 e. The molecule has 0 unspecified atom stereocenters. The molecule has 13 heteroatoms. The molecule has 1 aliphatic rings. The fourth-order valence-electron chi connectivity index (χ4n) is 4.19. The molecule has 9 nitrogen and oxygen atoms in total. The first-order valence-corrected chi connectivity index (χ1v) is 12.6. The number of hydrogen-bond acceptors (Lipinski definition) is 8. The normalized spacial score (nSPS) is 17.7. The molecule has 0 saturated carbocycles. The molecular weight excluding hydrogens is 537 g/mol. The second-order valence-corrected chi connectivity index (χ2v) is 10.7. The second-order valence-electron chi connectivity index (χ2n) is 10.3. The largest absolute Gasteiger partial charge is 0.447 e. The highest BCUT2D eigenvalue weighted by atomic mass is 35.5. The van der Waals surface area contributed by atoms with Gasteiger partial charge in [0.1, 0.15) is 35.0 Å². The Morgan fingerprint density at radius 2 is 1.79 bits per heavy atom. The third-order valence-electron chi connectivity index (χ3n) is 5.98. The van der Waals surface area contributed by atoms with Gasteiger partial charge in [-0.15, -0.1) is 0 Å². The first-order chi connectivity index (χ1) is 18.2. The van der Waals surface area contributed by atoms with Gasteiger partial charge in [0.05, 0.1) is 17.9 Å². The molecule has 0 spiro atoms. The van der Waals surface area contributed by atoms with Gasteiger partial charge in [0.15, 0.2) is 5.82 Å². The molecular formula is C26H28ClF3N6O3. The molecule has 3 aromatic rings. The molecule has 0 aromatic carbocycles. The first kappa shape index (κ1) is 28.6. The number of rotatable bonds is 7. The number of ether oxygens (including phenoxy) is 2. The van der Waals surface area contributed by atoms with Gasteiger partial charge in [-0.25, -0.2) is 24.7 Å². The summed E-state index contributed by atoms with van der Waals surface area (Å²) in [5.41, 5.74) is -0.690. The maximum atomic E-state index is 13.0. The third-order valence-corrected chi connectivity index (χ3v) is 6.24. The van der Waals surface area contributed by atoms with Crippen LogP contribution >= 0.6 is 11.6 Å². The molecule has 1 amide bonds. The lowest BCUT2D eigenvalue weighted by atomic mass is 10.1. The maximum absolute atomic E-state index is 13.0. The van der Waals surface area contributed by atoms with Crippen molar-refractivity contribution in [3.8, 4) is 11.1 Å². The van der Waals surface area contributed by atoms with E-state index in [-0.39, 0.29) is 29.5 Å². The van der Waals surface area contributed by atoms with Gasteiger partial charge in [-0.2, -0.15) is 13.2 Å². The van der Waals surface area contributed by atoms with Crippen LogP contribution in [0.5, 0.6) is 0 Å². The van der Waals surface area contributed by atoms with Crippen LogP contribution in [0.1, 0.15) is 57.9 Å². The fourth-order valence-corrected chi connectivity index (χ4v) is 4.38. The lowest BCUT2D eigenvalue weighted by molar-refractivity contribution is -0.141. The molecule has 1 aliphatic heterocycles. The highest BCUT2D eigenvalue weighted by molar-refractivity contribution is 6.33. The minimum atomic E-state index is -4.55. The summed E-state index contributed by atoms with van der Waals surface area (Å²) >= 11 is 6.40. The molecule has 0 N–H and O–H groups in total. The van der Waals surface area contributed by atoms with E-state index < -0.39 is 29.6 Å². The minimum Gasteiger partial charge on any atom is -0.447 e. The van der Waals surface area contributed by atoms with E-state index in [9.17, 15) is 18.0 Å². The fraction of sp³-hybridized carbons (Fsp3) is 0.462. The molecule has 0 radical (unpaired) electrons. The van der Waals surface area contributed by atoms with E-state index in [4.69, 9.17) is 21.1 Å². The number of amides is 1. The van der Waals surface area contributed by atoms with Gasteiger partial charge in [-0.3, -0.25) is 9.88 Å². The van der Waals surface area contributed by atoms with E-state index in [1.165, 1.54) is 29.6 Å². The van der Waals surface area contributed by atoms with Crippen molar-refractivity contribution in [1.29, 1.82) is 0 Å². The van der Waals surface area contributed by atoms with E-state index >= 15 is 0 Å². The number of carbonyl (C=O) groups is 1. The quantitative estimate of drug-likeness (QED) is 0.351. The lowest BCUT2D eigenvalue weighted by Crippen LogP contribution is -2.45. The number of pyridine rings is 1. The van der Waals surface area contributed by atoms with Gasteiger partial charge in [-0.1, -0.05) is 18.5 Å². The molecule has 3 atom stereocenters. The Kier molecular flexibility index (Phi) is 8.08. The molecule has 4 rings (SSSR count). The Morgan fingerprint density at radius 3 is 2.44 bits per heavy atom. The average molecular weight is 565 g/mol. The number of alkyl halides is 3. The van der Waals surface area contributed by atoms with Crippen molar-refractivity contribution < 1.29 is 27.4 Å². The van der Waals surface area contributed by atoms with Gasteiger partial charge in [0.25, 0.3) is 0 Å². The number of carbonyl (C=O) groups excluding carboxylic acids is 1. The second kappa shape index (κ2) is 11.0. The summed E-state index contributed by atoms with van der Waals surface area (Å²) in [6, 6.07) is 1.98. The Morgan fingerprint density at radius 1 is 1.10 bits per heavy atom. The molecule has 39 heavy (non-hydrogen) atoms. The van der Waals surface area contributed by atoms with Gasteiger partial charge in [0.2, 0.25) is 0 Å². The monoisotopic (exact) mass is 564 g/mol. The van der Waals surface area contributed by atoms with Crippen LogP contribution in [-0.4, -0.2) is 55.4 Å². The minimum absolute atomic E-state index is 0.129. The van der Waals surface area contributed by atoms with Crippen LogP contribution in [0.15, 0.2) is 36.9 Å². The number of nitrogens with zero attached hydrogens (tertiary/aromatic N) is 6. The Labute approximate surface area is 228 Å². The Bertz CT molecular complexity index is 1330. The third kappa shape index (κ3) is 6.80. The predicted octanol–water partition coefficient (Wildman–Crippen LogP) is 5.88. The van der Waals surface area contributed by atoms with Crippen LogP contribution in [0, 0.1) is 0 Å². The molecule has 0 aliphatic carbocycles. The van der Waals surface area contributed by atoms with E-state index in [1.54, 1.807) is 0 Å². The van der Waals surface area contributed by atoms with Crippen LogP contribution in [0.25, 0.3) is 11.1 Å². The molecule has 1 saturated heterocycles. The number of cyclic esters (lactones) is 1. The van der Waals surface area contributed by atoms with Crippen molar-refractivity contribution in [3.63, 3.8) is 0 Å². The molecule has 3 aromatic heterocycles. The highest BCUT2D eigenvalue weighted by Crippen LogP contribution is 2.33. The van der Waals surface area contributed by atoms with Crippen molar-refractivity contribution in [1.82, 2.24) is 24.9 Å². The average Bonchev–Trinajstić information content (AvgIpc) is 3.25.